The Morgan fingerprint density at radius 3 is 2.43 bits per heavy atom. The quantitative estimate of drug-likeness (QED) is 0.658. The first-order chi connectivity index (χ1) is 11.1. The van der Waals surface area contributed by atoms with Gasteiger partial charge < -0.3 is 15.5 Å². The van der Waals surface area contributed by atoms with Crippen LogP contribution in [0.25, 0.3) is 0 Å². The van der Waals surface area contributed by atoms with E-state index in [-0.39, 0.29) is 12.5 Å². The van der Waals surface area contributed by atoms with Crippen molar-refractivity contribution in [3.05, 3.63) is 35.9 Å². The zero-order chi connectivity index (χ0) is 16.7. The highest BCUT2D eigenvalue weighted by atomic mass is 16.1. The van der Waals surface area contributed by atoms with Gasteiger partial charge in [-0.3, -0.25) is 9.79 Å². The molecule has 0 saturated carbocycles. The van der Waals surface area contributed by atoms with E-state index in [0.29, 0.717) is 18.4 Å². The summed E-state index contributed by atoms with van der Waals surface area (Å²) >= 11 is 0. The molecule has 0 radical (unpaired) electrons. The van der Waals surface area contributed by atoms with Gasteiger partial charge in [-0.05, 0) is 23.8 Å². The van der Waals surface area contributed by atoms with Crippen molar-refractivity contribution >= 4 is 11.9 Å². The van der Waals surface area contributed by atoms with Crippen molar-refractivity contribution in [3.63, 3.8) is 0 Å². The molecular weight excluding hydrogens is 288 g/mol. The molecule has 1 fully saturated rings. The second-order valence-corrected chi connectivity index (χ2v) is 6.51. The standard InChI is InChI=1S/C18H28N4O/c1-14-9-15(2)13-22(12-14)18(19-3)21-11-17(23)20-10-16-7-5-4-6-8-16/h4-8,14-15H,9-13H2,1-3H3,(H,19,21)(H,20,23). The molecule has 2 N–H and O–H groups in total. The molecular formula is C18H28N4O. The Morgan fingerprint density at radius 1 is 1.17 bits per heavy atom. The van der Waals surface area contributed by atoms with Gasteiger partial charge in [0.15, 0.2) is 5.96 Å². The van der Waals surface area contributed by atoms with Gasteiger partial charge in [-0.2, -0.15) is 0 Å². The average Bonchev–Trinajstić information content (AvgIpc) is 2.53. The number of carbonyl (C=O) groups is 1. The number of amides is 1. The van der Waals surface area contributed by atoms with Gasteiger partial charge >= 0.3 is 0 Å². The first kappa shape index (κ1) is 17.3. The first-order valence-electron chi connectivity index (χ1n) is 8.34. The summed E-state index contributed by atoms with van der Waals surface area (Å²) in [6.45, 7) is 7.33. The van der Waals surface area contributed by atoms with Crippen LogP contribution < -0.4 is 10.6 Å². The molecule has 5 nitrogen and oxygen atoms in total. The van der Waals surface area contributed by atoms with Crippen molar-refractivity contribution in [1.29, 1.82) is 0 Å². The molecule has 1 heterocycles. The normalized spacial score (nSPS) is 21.9. The van der Waals surface area contributed by atoms with Gasteiger partial charge in [0.1, 0.15) is 0 Å². The van der Waals surface area contributed by atoms with Crippen molar-refractivity contribution in [2.24, 2.45) is 16.8 Å². The highest BCUT2D eigenvalue weighted by Gasteiger charge is 2.24. The number of likely N-dealkylation sites (tertiary alicyclic amines) is 1. The van der Waals surface area contributed by atoms with Gasteiger partial charge in [0.2, 0.25) is 5.91 Å². The summed E-state index contributed by atoms with van der Waals surface area (Å²) in [6.07, 6.45) is 1.26. The third-order valence-corrected chi connectivity index (χ3v) is 4.12. The highest BCUT2D eigenvalue weighted by molar-refractivity contribution is 5.86. The number of nitrogens with one attached hydrogen (secondary N) is 2. The molecule has 5 heteroatoms. The zero-order valence-corrected chi connectivity index (χ0v) is 14.4. The lowest BCUT2D eigenvalue weighted by Gasteiger charge is -2.37. The second kappa shape index (κ2) is 8.56. The summed E-state index contributed by atoms with van der Waals surface area (Å²) in [5.41, 5.74) is 1.10. The number of hydrogen-bond donors (Lipinski definition) is 2. The van der Waals surface area contributed by atoms with Crippen LogP contribution in [0.3, 0.4) is 0 Å². The molecule has 2 unspecified atom stereocenters. The molecule has 2 atom stereocenters. The van der Waals surface area contributed by atoms with Crippen LogP contribution in [0.4, 0.5) is 0 Å². The molecule has 0 spiro atoms. The summed E-state index contributed by atoms with van der Waals surface area (Å²) in [4.78, 5) is 18.6. The van der Waals surface area contributed by atoms with E-state index in [1.807, 2.05) is 30.3 Å². The highest BCUT2D eigenvalue weighted by Crippen LogP contribution is 2.20. The first-order valence-corrected chi connectivity index (χ1v) is 8.34. The maximum absolute atomic E-state index is 12.0. The molecule has 126 valence electrons. The maximum Gasteiger partial charge on any atom is 0.239 e. The molecule has 0 aliphatic carbocycles. The van der Waals surface area contributed by atoms with Crippen molar-refractivity contribution < 1.29 is 4.79 Å². The largest absolute Gasteiger partial charge is 0.350 e. The summed E-state index contributed by atoms with van der Waals surface area (Å²) in [5, 5.41) is 6.10. The number of nitrogens with zero attached hydrogens (tertiary/aromatic N) is 2. The van der Waals surface area contributed by atoms with Crippen LogP contribution in [-0.4, -0.2) is 43.4 Å². The van der Waals surface area contributed by atoms with E-state index in [1.54, 1.807) is 7.05 Å². The third-order valence-electron chi connectivity index (χ3n) is 4.12. The lowest BCUT2D eigenvalue weighted by atomic mass is 9.92. The van der Waals surface area contributed by atoms with Gasteiger partial charge in [0, 0.05) is 26.7 Å². The molecule has 23 heavy (non-hydrogen) atoms. The summed E-state index contributed by atoms with van der Waals surface area (Å²) < 4.78 is 0. The molecule has 1 aliphatic heterocycles. The van der Waals surface area contributed by atoms with Crippen LogP contribution in [-0.2, 0) is 11.3 Å². The minimum Gasteiger partial charge on any atom is -0.350 e. The Morgan fingerprint density at radius 2 is 1.83 bits per heavy atom. The minimum atomic E-state index is -0.0203. The number of piperidine rings is 1. The van der Waals surface area contributed by atoms with Crippen LogP contribution in [0.5, 0.6) is 0 Å². The fourth-order valence-corrected chi connectivity index (χ4v) is 3.19. The van der Waals surface area contributed by atoms with Crippen molar-refractivity contribution in [2.75, 3.05) is 26.7 Å². The lowest BCUT2D eigenvalue weighted by molar-refractivity contribution is -0.120. The zero-order valence-electron chi connectivity index (χ0n) is 14.4. The van der Waals surface area contributed by atoms with Crippen molar-refractivity contribution in [3.8, 4) is 0 Å². The van der Waals surface area contributed by atoms with Crippen molar-refractivity contribution in [2.45, 2.75) is 26.8 Å². The minimum absolute atomic E-state index is 0.0203. The Hall–Kier alpha value is -2.04. The van der Waals surface area contributed by atoms with E-state index < -0.39 is 0 Å². The number of benzene rings is 1. The molecule has 2 rings (SSSR count). The second-order valence-electron chi connectivity index (χ2n) is 6.51. The summed E-state index contributed by atoms with van der Waals surface area (Å²) in [6, 6.07) is 9.92. The van der Waals surface area contributed by atoms with Crippen LogP contribution in [0.15, 0.2) is 35.3 Å². The predicted molar refractivity (Wildman–Crippen MR) is 94.2 cm³/mol. The number of guanidine groups is 1. The van der Waals surface area contributed by atoms with Crippen LogP contribution >= 0.6 is 0 Å². The fraction of sp³-hybridized carbons (Fsp3) is 0.556. The van der Waals surface area contributed by atoms with E-state index in [1.165, 1.54) is 6.42 Å². The van der Waals surface area contributed by atoms with E-state index in [0.717, 1.165) is 24.6 Å². The number of rotatable bonds is 4. The smallest absolute Gasteiger partial charge is 0.239 e. The van der Waals surface area contributed by atoms with Crippen LogP contribution in [0, 0.1) is 11.8 Å². The Balaban J connectivity index is 1.77. The van der Waals surface area contributed by atoms with E-state index in [2.05, 4.69) is 34.4 Å². The van der Waals surface area contributed by atoms with E-state index in [4.69, 9.17) is 0 Å². The SMILES string of the molecule is CN=C(NCC(=O)NCc1ccccc1)N1CC(C)CC(C)C1. The number of hydrogen-bond acceptors (Lipinski definition) is 2. The number of carbonyl (C=O) groups excluding carboxylic acids is 1. The molecule has 1 amide bonds. The Labute approximate surface area is 139 Å². The third kappa shape index (κ3) is 5.58. The topological polar surface area (TPSA) is 56.7 Å². The summed E-state index contributed by atoms with van der Waals surface area (Å²) in [7, 11) is 1.77. The van der Waals surface area contributed by atoms with Crippen LogP contribution in [0.2, 0.25) is 0 Å². The molecule has 1 aromatic rings. The Kier molecular flexibility index (Phi) is 6.44. The molecule has 1 aromatic carbocycles. The predicted octanol–water partition coefficient (Wildman–Crippen LogP) is 1.86. The van der Waals surface area contributed by atoms with Crippen LogP contribution in [0.1, 0.15) is 25.8 Å². The molecule has 1 saturated heterocycles. The maximum atomic E-state index is 12.0. The lowest BCUT2D eigenvalue weighted by Crippen LogP contribution is -2.50. The van der Waals surface area contributed by atoms with E-state index >= 15 is 0 Å². The average molecular weight is 316 g/mol. The van der Waals surface area contributed by atoms with Gasteiger partial charge in [0.25, 0.3) is 0 Å². The van der Waals surface area contributed by atoms with E-state index in [9.17, 15) is 4.79 Å². The summed E-state index contributed by atoms with van der Waals surface area (Å²) in [5.74, 6) is 2.11. The fourth-order valence-electron chi connectivity index (χ4n) is 3.19. The van der Waals surface area contributed by atoms with Gasteiger partial charge in [-0.15, -0.1) is 0 Å². The molecule has 0 aromatic heterocycles. The molecule has 0 bridgehead atoms. The Bertz CT molecular complexity index is 519. The molecule has 1 aliphatic rings. The van der Waals surface area contributed by atoms with Gasteiger partial charge in [-0.25, -0.2) is 0 Å². The monoisotopic (exact) mass is 316 g/mol. The van der Waals surface area contributed by atoms with Gasteiger partial charge in [0.05, 0.1) is 6.54 Å². The number of aliphatic imine (C=N–C) groups is 1. The van der Waals surface area contributed by atoms with Crippen molar-refractivity contribution in [1.82, 2.24) is 15.5 Å². The van der Waals surface area contributed by atoms with Gasteiger partial charge in [-0.1, -0.05) is 44.2 Å².